The zero-order valence-corrected chi connectivity index (χ0v) is 15.1. The monoisotopic (exact) mass is 345 g/mol. The molecule has 0 saturated carbocycles. The third kappa shape index (κ3) is 2.98. The van der Waals surface area contributed by atoms with Gasteiger partial charge in [-0.15, -0.1) is 0 Å². The second-order valence-electron chi connectivity index (χ2n) is 8.45. The van der Waals surface area contributed by atoms with Crippen LogP contribution in [0.1, 0.15) is 45.1 Å². The van der Waals surface area contributed by atoms with Crippen LogP contribution in [-0.4, -0.2) is 58.5 Å². The molecule has 5 nitrogen and oxygen atoms in total. The van der Waals surface area contributed by atoms with E-state index in [9.17, 15) is 9.90 Å². The fourth-order valence-electron chi connectivity index (χ4n) is 4.79. The van der Waals surface area contributed by atoms with Crippen molar-refractivity contribution in [1.82, 2.24) is 4.90 Å². The van der Waals surface area contributed by atoms with Crippen LogP contribution < -0.4 is 0 Å². The van der Waals surface area contributed by atoms with E-state index in [0.29, 0.717) is 24.3 Å². The van der Waals surface area contributed by atoms with E-state index in [1.54, 1.807) is 0 Å². The minimum atomic E-state index is -0.606. The number of nitrogens with zero attached hydrogens (tertiary/aromatic N) is 1. The number of carbonyl (C=O) groups is 1. The summed E-state index contributed by atoms with van der Waals surface area (Å²) in [6.07, 6.45) is 2.14. The van der Waals surface area contributed by atoms with Crippen LogP contribution in [-0.2, 0) is 14.3 Å². The molecule has 0 radical (unpaired) electrons. The lowest BCUT2D eigenvalue weighted by atomic mass is 9.92. The molecule has 2 bridgehead atoms. The summed E-state index contributed by atoms with van der Waals surface area (Å²) in [7, 11) is 0. The fraction of sp³-hybridized carbons (Fsp3) is 0.650. The van der Waals surface area contributed by atoms with Crippen LogP contribution in [0.2, 0.25) is 0 Å². The molecule has 5 unspecified atom stereocenters. The molecule has 1 N–H and O–H groups in total. The zero-order valence-electron chi connectivity index (χ0n) is 15.1. The van der Waals surface area contributed by atoms with Crippen LogP contribution in [0, 0.1) is 0 Å². The minimum absolute atomic E-state index is 0.0877. The number of fused-ring (bicyclic) bond motifs is 5. The average Bonchev–Trinajstić information content (AvgIpc) is 3.31. The Kier molecular flexibility index (Phi) is 4.13. The zero-order chi connectivity index (χ0) is 17.8. The summed E-state index contributed by atoms with van der Waals surface area (Å²) >= 11 is 0. The largest absolute Gasteiger partial charge is 0.462 e. The van der Waals surface area contributed by atoms with Gasteiger partial charge in [0.05, 0.1) is 6.61 Å². The van der Waals surface area contributed by atoms with Gasteiger partial charge in [-0.1, -0.05) is 30.3 Å². The van der Waals surface area contributed by atoms with Crippen molar-refractivity contribution >= 4 is 5.97 Å². The molecule has 3 aliphatic rings. The topological polar surface area (TPSA) is 62.3 Å². The van der Waals surface area contributed by atoms with Crippen molar-refractivity contribution in [2.45, 2.75) is 75.5 Å². The van der Waals surface area contributed by atoms with Crippen LogP contribution in [0.25, 0.3) is 0 Å². The van der Waals surface area contributed by atoms with Gasteiger partial charge in [0, 0.05) is 30.5 Å². The van der Waals surface area contributed by atoms with E-state index in [4.69, 9.17) is 9.47 Å². The Hall–Kier alpha value is -1.43. The first-order chi connectivity index (χ1) is 11.9. The number of epoxide rings is 1. The number of morpholine rings is 1. The highest BCUT2D eigenvalue weighted by Gasteiger charge is 2.65. The molecule has 136 valence electrons. The van der Waals surface area contributed by atoms with Crippen LogP contribution in [0.15, 0.2) is 30.3 Å². The highest BCUT2D eigenvalue weighted by molar-refractivity contribution is 5.78. The van der Waals surface area contributed by atoms with Gasteiger partial charge in [0.25, 0.3) is 0 Å². The van der Waals surface area contributed by atoms with Gasteiger partial charge in [0.1, 0.15) is 24.2 Å². The Morgan fingerprint density at radius 3 is 2.36 bits per heavy atom. The van der Waals surface area contributed by atoms with E-state index in [0.717, 1.165) is 18.4 Å². The number of hydrogen-bond donors (Lipinski definition) is 1. The Balaban J connectivity index is 1.44. The molecule has 1 aromatic rings. The number of benzene rings is 1. The van der Waals surface area contributed by atoms with Gasteiger partial charge in [-0.25, -0.2) is 0 Å². The van der Waals surface area contributed by atoms with Gasteiger partial charge >= 0.3 is 5.97 Å². The molecule has 25 heavy (non-hydrogen) atoms. The molecular weight excluding hydrogens is 318 g/mol. The molecule has 0 spiro atoms. The first kappa shape index (κ1) is 17.0. The van der Waals surface area contributed by atoms with Gasteiger partial charge in [0.15, 0.2) is 0 Å². The minimum Gasteiger partial charge on any atom is -0.462 e. The van der Waals surface area contributed by atoms with Crippen molar-refractivity contribution in [3.8, 4) is 0 Å². The third-order valence-electron chi connectivity index (χ3n) is 5.77. The lowest BCUT2D eigenvalue weighted by Crippen LogP contribution is -2.57. The predicted octanol–water partition coefficient (Wildman–Crippen LogP) is 2.09. The second-order valence-corrected chi connectivity index (χ2v) is 8.45. The molecule has 3 saturated heterocycles. The maximum absolute atomic E-state index is 12.6. The highest BCUT2D eigenvalue weighted by atomic mass is 16.6. The predicted molar refractivity (Wildman–Crippen MR) is 93.2 cm³/mol. The van der Waals surface area contributed by atoms with Crippen LogP contribution >= 0.6 is 0 Å². The molecule has 0 aromatic heterocycles. The number of aliphatic hydroxyl groups excluding tert-OH is 1. The summed E-state index contributed by atoms with van der Waals surface area (Å²) in [4.78, 5) is 15.2. The maximum Gasteiger partial charge on any atom is 0.316 e. The summed E-state index contributed by atoms with van der Waals surface area (Å²) in [6, 6.07) is 10.0. The normalized spacial score (nSPS) is 35.1. The maximum atomic E-state index is 12.6. The molecule has 3 heterocycles. The smallest absolute Gasteiger partial charge is 0.316 e. The van der Waals surface area contributed by atoms with E-state index < -0.39 is 5.92 Å². The summed E-state index contributed by atoms with van der Waals surface area (Å²) in [6.45, 7) is 6.48. The summed E-state index contributed by atoms with van der Waals surface area (Å²) in [5.41, 5.74) is 0.898. The number of aliphatic hydroxyl groups is 1. The highest BCUT2D eigenvalue weighted by Crippen LogP contribution is 2.51. The van der Waals surface area contributed by atoms with E-state index >= 15 is 0 Å². The lowest BCUT2D eigenvalue weighted by molar-refractivity contribution is -0.158. The molecule has 0 amide bonds. The van der Waals surface area contributed by atoms with E-state index in [2.05, 4.69) is 25.7 Å². The second kappa shape index (κ2) is 6.08. The fourth-order valence-corrected chi connectivity index (χ4v) is 4.79. The molecule has 4 rings (SSSR count). The van der Waals surface area contributed by atoms with Gasteiger partial charge in [-0.3, -0.25) is 9.69 Å². The molecule has 3 fully saturated rings. The number of esters is 1. The van der Waals surface area contributed by atoms with Crippen molar-refractivity contribution in [2.75, 3.05) is 6.61 Å². The Morgan fingerprint density at radius 1 is 1.24 bits per heavy atom. The van der Waals surface area contributed by atoms with Gasteiger partial charge in [-0.05, 0) is 26.3 Å². The Morgan fingerprint density at radius 2 is 1.84 bits per heavy atom. The number of hydrogen-bond acceptors (Lipinski definition) is 5. The standard InChI is InChI=1S/C20H27NO4/c1-20(2,3)21-15-9-13(10-16(21)18-17(15)25-18)24-19(23)14(11-22)12-7-5-4-6-8-12/h4-8,13-18,22H,9-11H2,1-3H3. The molecule has 0 aliphatic carbocycles. The lowest BCUT2D eigenvalue weighted by Gasteiger charge is -2.47. The van der Waals surface area contributed by atoms with Crippen molar-refractivity contribution in [3.63, 3.8) is 0 Å². The molecular formula is C20H27NO4. The number of piperidine rings is 1. The van der Waals surface area contributed by atoms with Crippen molar-refractivity contribution < 1.29 is 19.4 Å². The number of carbonyl (C=O) groups excluding carboxylic acids is 1. The summed E-state index contributed by atoms with van der Waals surface area (Å²) in [5.74, 6) is -0.929. The molecule has 5 heteroatoms. The van der Waals surface area contributed by atoms with Crippen LogP contribution in [0.3, 0.4) is 0 Å². The first-order valence-electron chi connectivity index (χ1n) is 9.20. The molecule has 3 aliphatic heterocycles. The van der Waals surface area contributed by atoms with Gasteiger partial charge < -0.3 is 14.6 Å². The van der Waals surface area contributed by atoms with E-state index in [1.165, 1.54) is 0 Å². The van der Waals surface area contributed by atoms with Crippen molar-refractivity contribution in [1.29, 1.82) is 0 Å². The van der Waals surface area contributed by atoms with E-state index in [-0.39, 0.29) is 24.2 Å². The number of rotatable bonds is 4. The van der Waals surface area contributed by atoms with Crippen LogP contribution in [0.4, 0.5) is 0 Å². The summed E-state index contributed by atoms with van der Waals surface area (Å²) < 4.78 is 11.6. The van der Waals surface area contributed by atoms with Crippen molar-refractivity contribution in [2.24, 2.45) is 0 Å². The molecule has 1 aromatic carbocycles. The first-order valence-corrected chi connectivity index (χ1v) is 9.20. The molecule has 5 atom stereocenters. The van der Waals surface area contributed by atoms with Gasteiger partial charge in [-0.2, -0.15) is 0 Å². The Labute approximate surface area is 148 Å². The summed E-state index contributed by atoms with van der Waals surface area (Å²) in [5, 5.41) is 9.66. The van der Waals surface area contributed by atoms with E-state index in [1.807, 2.05) is 30.3 Å². The average molecular weight is 345 g/mol. The third-order valence-corrected chi connectivity index (χ3v) is 5.77. The quantitative estimate of drug-likeness (QED) is 0.669. The number of ether oxygens (including phenoxy) is 2. The SMILES string of the molecule is CC(C)(C)N1C2CC(OC(=O)C(CO)c3ccccc3)CC1C1OC12. The van der Waals surface area contributed by atoms with Gasteiger partial charge in [0.2, 0.25) is 0 Å². The van der Waals surface area contributed by atoms with Crippen molar-refractivity contribution in [3.05, 3.63) is 35.9 Å². The van der Waals surface area contributed by atoms with Crippen LogP contribution in [0.5, 0.6) is 0 Å². The Bertz CT molecular complexity index is 623.